The first-order chi connectivity index (χ1) is 8.47. The predicted octanol–water partition coefficient (Wildman–Crippen LogP) is 3.38. The molecule has 3 nitrogen and oxygen atoms in total. The van der Waals surface area contributed by atoms with Crippen molar-refractivity contribution in [3.05, 3.63) is 35.8 Å². The minimum absolute atomic E-state index is 0.0109. The van der Waals surface area contributed by atoms with Crippen LogP contribution in [0.2, 0.25) is 0 Å². The van der Waals surface area contributed by atoms with Gasteiger partial charge >= 0.3 is 0 Å². The molecule has 0 saturated heterocycles. The average Bonchev–Trinajstić information content (AvgIpc) is 2.82. The van der Waals surface area contributed by atoms with E-state index >= 15 is 0 Å². The topological polar surface area (TPSA) is 45.2 Å². The molecular weight excluding hydrogens is 244 g/mol. The molecule has 0 spiro atoms. The Morgan fingerprint density at radius 2 is 1.94 bits per heavy atom. The summed E-state index contributed by atoms with van der Waals surface area (Å²) in [6, 6.07) is 8.09. The van der Waals surface area contributed by atoms with Crippen LogP contribution in [0.25, 0.3) is 10.6 Å². The van der Waals surface area contributed by atoms with E-state index in [0.717, 1.165) is 16.3 Å². The number of rotatable bonds is 4. The lowest BCUT2D eigenvalue weighted by molar-refractivity contribution is 0.0649. The van der Waals surface area contributed by atoms with E-state index in [4.69, 9.17) is 0 Å². The molecule has 0 bridgehead atoms. The van der Waals surface area contributed by atoms with Crippen LogP contribution in [-0.4, -0.2) is 21.7 Å². The summed E-state index contributed by atoms with van der Waals surface area (Å²) in [5.41, 5.74) is 1.38. The van der Waals surface area contributed by atoms with Crippen molar-refractivity contribution in [2.45, 2.75) is 32.4 Å². The molecule has 0 saturated carbocycles. The van der Waals surface area contributed by atoms with Crippen LogP contribution < -0.4 is 5.32 Å². The van der Waals surface area contributed by atoms with Crippen molar-refractivity contribution in [3.63, 3.8) is 0 Å². The number of benzene rings is 1. The third-order valence-corrected chi connectivity index (χ3v) is 3.83. The van der Waals surface area contributed by atoms with Crippen molar-refractivity contribution >= 4 is 17.0 Å². The van der Waals surface area contributed by atoms with Gasteiger partial charge in [0.1, 0.15) is 5.01 Å². The number of aromatic nitrogens is 1. The fourth-order valence-electron chi connectivity index (χ4n) is 1.50. The van der Waals surface area contributed by atoms with Crippen molar-refractivity contribution in [2.75, 3.05) is 5.32 Å². The molecular formula is C14H18N2OS. The number of hydrogen-bond donors (Lipinski definition) is 2. The molecule has 0 aliphatic rings. The van der Waals surface area contributed by atoms with Crippen LogP contribution in [0.3, 0.4) is 0 Å². The van der Waals surface area contributed by atoms with E-state index in [9.17, 15) is 5.11 Å². The van der Waals surface area contributed by atoms with Crippen LogP contribution >= 0.6 is 11.3 Å². The van der Waals surface area contributed by atoms with Gasteiger partial charge in [0.05, 0.1) is 11.6 Å². The molecule has 1 unspecified atom stereocenters. The Balaban J connectivity index is 2.09. The summed E-state index contributed by atoms with van der Waals surface area (Å²) in [6.07, 6.45) is 1.81. The summed E-state index contributed by atoms with van der Waals surface area (Å²) in [5.74, 6) is 0. The van der Waals surface area contributed by atoms with E-state index in [0.29, 0.717) is 0 Å². The maximum absolute atomic E-state index is 9.88. The highest BCUT2D eigenvalue weighted by Gasteiger charge is 2.21. The second-order valence-electron chi connectivity index (χ2n) is 4.93. The first-order valence-corrected chi connectivity index (χ1v) is 6.83. The molecule has 18 heavy (non-hydrogen) atoms. The number of hydrogen-bond acceptors (Lipinski definition) is 4. The third kappa shape index (κ3) is 3.09. The normalized spacial score (nSPS) is 13.3. The largest absolute Gasteiger partial charge is 0.388 e. The van der Waals surface area contributed by atoms with E-state index in [1.54, 1.807) is 25.2 Å². The van der Waals surface area contributed by atoms with Crippen molar-refractivity contribution in [2.24, 2.45) is 0 Å². The lowest BCUT2D eigenvalue weighted by Gasteiger charge is -2.27. The summed E-state index contributed by atoms with van der Waals surface area (Å²) in [4.78, 5) is 4.27. The Labute approximate surface area is 112 Å². The molecule has 0 aliphatic carbocycles. The summed E-state index contributed by atoms with van der Waals surface area (Å²) in [7, 11) is 0. The highest BCUT2D eigenvalue weighted by molar-refractivity contribution is 7.13. The fourth-order valence-corrected chi connectivity index (χ4v) is 2.15. The number of thiazole rings is 1. The first kappa shape index (κ1) is 13.1. The average molecular weight is 262 g/mol. The zero-order chi connectivity index (χ0) is 13.2. The zero-order valence-electron chi connectivity index (χ0n) is 10.8. The van der Waals surface area contributed by atoms with Crippen molar-refractivity contribution < 1.29 is 5.11 Å². The summed E-state index contributed by atoms with van der Waals surface area (Å²) >= 11 is 1.63. The molecule has 0 aliphatic heterocycles. The van der Waals surface area contributed by atoms with E-state index in [-0.39, 0.29) is 6.04 Å². The molecule has 2 N–H and O–H groups in total. The molecule has 1 aromatic heterocycles. The number of anilines is 1. The van der Waals surface area contributed by atoms with E-state index < -0.39 is 5.60 Å². The molecule has 0 radical (unpaired) electrons. The minimum atomic E-state index is -0.742. The van der Waals surface area contributed by atoms with Crippen LogP contribution in [0, 0.1) is 0 Å². The van der Waals surface area contributed by atoms with Crippen LogP contribution in [0.15, 0.2) is 35.8 Å². The van der Waals surface area contributed by atoms with Gasteiger partial charge in [0, 0.05) is 22.8 Å². The van der Waals surface area contributed by atoms with E-state index in [1.807, 2.05) is 42.8 Å². The highest BCUT2D eigenvalue weighted by atomic mass is 32.1. The molecule has 1 atom stereocenters. The highest BCUT2D eigenvalue weighted by Crippen LogP contribution is 2.24. The first-order valence-electron chi connectivity index (χ1n) is 5.95. The molecule has 4 heteroatoms. The standard InChI is InChI=1S/C14H18N2OS/c1-10(14(2,3)17)16-12-6-4-11(5-7-12)13-15-8-9-18-13/h4-10,16-17H,1-3H3. The molecule has 1 aromatic carbocycles. The molecule has 2 aromatic rings. The summed E-state index contributed by atoms with van der Waals surface area (Å²) < 4.78 is 0. The van der Waals surface area contributed by atoms with Crippen LogP contribution in [0.5, 0.6) is 0 Å². The molecule has 96 valence electrons. The van der Waals surface area contributed by atoms with Gasteiger partial charge in [-0.05, 0) is 45.0 Å². The molecule has 2 rings (SSSR count). The second-order valence-corrected chi connectivity index (χ2v) is 5.83. The van der Waals surface area contributed by atoms with Gasteiger partial charge < -0.3 is 10.4 Å². The van der Waals surface area contributed by atoms with Gasteiger partial charge in [-0.15, -0.1) is 11.3 Å². The van der Waals surface area contributed by atoms with Gasteiger partial charge in [0.2, 0.25) is 0 Å². The van der Waals surface area contributed by atoms with Crippen LogP contribution in [-0.2, 0) is 0 Å². The van der Waals surface area contributed by atoms with Gasteiger partial charge in [-0.2, -0.15) is 0 Å². The van der Waals surface area contributed by atoms with Gasteiger partial charge in [0.15, 0.2) is 0 Å². The van der Waals surface area contributed by atoms with Gasteiger partial charge in [-0.1, -0.05) is 0 Å². The SMILES string of the molecule is CC(Nc1ccc(-c2nccs2)cc1)C(C)(C)O. The van der Waals surface area contributed by atoms with E-state index in [1.165, 1.54) is 0 Å². The molecule has 0 amide bonds. The van der Waals surface area contributed by atoms with Crippen molar-refractivity contribution in [1.82, 2.24) is 4.98 Å². The smallest absolute Gasteiger partial charge is 0.123 e. The summed E-state index contributed by atoms with van der Waals surface area (Å²) in [5, 5.41) is 16.2. The molecule has 0 fully saturated rings. The quantitative estimate of drug-likeness (QED) is 0.888. The zero-order valence-corrected chi connectivity index (χ0v) is 11.7. The van der Waals surface area contributed by atoms with Gasteiger partial charge in [0.25, 0.3) is 0 Å². The Bertz CT molecular complexity index is 486. The number of nitrogens with zero attached hydrogens (tertiary/aromatic N) is 1. The minimum Gasteiger partial charge on any atom is -0.388 e. The Kier molecular flexibility index (Phi) is 3.68. The monoisotopic (exact) mass is 262 g/mol. The second kappa shape index (κ2) is 5.08. The van der Waals surface area contributed by atoms with Crippen molar-refractivity contribution in [3.8, 4) is 10.6 Å². The Morgan fingerprint density at radius 3 is 2.44 bits per heavy atom. The Morgan fingerprint density at radius 1 is 1.28 bits per heavy atom. The predicted molar refractivity (Wildman–Crippen MR) is 76.9 cm³/mol. The Hall–Kier alpha value is -1.39. The van der Waals surface area contributed by atoms with Gasteiger partial charge in [-0.3, -0.25) is 0 Å². The van der Waals surface area contributed by atoms with Gasteiger partial charge in [-0.25, -0.2) is 4.98 Å². The van der Waals surface area contributed by atoms with E-state index in [2.05, 4.69) is 10.3 Å². The maximum Gasteiger partial charge on any atom is 0.123 e. The number of aliphatic hydroxyl groups is 1. The fraction of sp³-hybridized carbons (Fsp3) is 0.357. The lowest BCUT2D eigenvalue weighted by atomic mass is 10.0. The summed E-state index contributed by atoms with van der Waals surface area (Å²) in [6.45, 7) is 5.57. The maximum atomic E-state index is 9.88. The number of nitrogens with one attached hydrogen (secondary N) is 1. The lowest BCUT2D eigenvalue weighted by Crippen LogP contribution is -2.39. The molecule has 1 heterocycles. The van der Waals surface area contributed by atoms with Crippen LogP contribution in [0.4, 0.5) is 5.69 Å². The van der Waals surface area contributed by atoms with Crippen LogP contribution in [0.1, 0.15) is 20.8 Å². The third-order valence-electron chi connectivity index (χ3n) is 3.01. The van der Waals surface area contributed by atoms with Crippen molar-refractivity contribution in [1.29, 1.82) is 0 Å².